The zero-order chi connectivity index (χ0) is 16.2. The first kappa shape index (κ1) is 15.4. The molecule has 2 aromatic rings. The van der Waals surface area contributed by atoms with E-state index in [2.05, 4.69) is 0 Å². The van der Waals surface area contributed by atoms with Crippen LogP contribution in [0.1, 0.15) is 18.9 Å². The minimum absolute atomic E-state index is 0.0493. The quantitative estimate of drug-likeness (QED) is 0.868. The predicted molar refractivity (Wildman–Crippen MR) is 90.2 cm³/mol. The van der Waals surface area contributed by atoms with Crippen molar-refractivity contribution in [2.24, 2.45) is 0 Å². The van der Waals surface area contributed by atoms with Gasteiger partial charge in [-0.15, -0.1) is 0 Å². The van der Waals surface area contributed by atoms with Crippen molar-refractivity contribution in [3.05, 3.63) is 54.1 Å². The first-order valence-corrected chi connectivity index (χ1v) is 7.86. The molecular formula is C19H21NO3. The fourth-order valence-corrected chi connectivity index (χ4v) is 2.84. The molecule has 23 heavy (non-hydrogen) atoms. The molecule has 0 saturated carbocycles. The minimum atomic E-state index is 0.0493. The van der Waals surface area contributed by atoms with E-state index in [0.29, 0.717) is 13.0 Å². The van der Waals surface area contributed by atoms with E-state index in [0.717, 1.165) is 29.2 Å². The van der Waals surface area contributed by atoms with E-state index in [-0.39, 0.29) is 11.9 Å². The Hall–Kier alpha value is -2.49. The van der Waals surface area contributed by atoms with Crippen LogP contribution in [0, 0.1) is 0 Å². The van der Waals surface area contributed by atoms with E-state index in [1.54, 1.807) is 7.11 Å². The van der Waals surface area contributed by atoms with Crippen LogP contribution in [0.5, 0.6) is 11.5 Å². The highest BCUT2D eigenvalue weighted by atomic mass is 16.5. The lowest BCUT2D eigenvalue weighted by molar-refractivity contribution is -0.119. The second kappa shape index (κ2) is 6.73. The van der Waals surface area contributed by atoms with Crippen LogP contribution in [0.15, 0.2) is 48.5 Å². The van der Waals surface area contributed by atoms with Crippen LogP contribution in [0.4, 0.5) is 5.69 Å². The Balaban J connectivity index is 1.70. The number of para-hydroxylation sites is 2. The average Bonchev–Trinajstić information content (AvgIpc) is 2.60. The molecule has 0 aromatic heterocycles. The number of hydrogen-bond donors (Lipinski definition) is 0. The van der Waals surface area contributed by atoms with Gasteiger partial charge in [0.15, 0.2) is 0 Å². The molecule has 4 heteroatoms. The molecule has 0 radical (unpaired) electrons. The summed E-state index contributed by atoms with van der Waals surface area (Å²) in [6.07, 6.45) is 1.19. The Kier molecular flexibility index (Phi) is 4.51. The van der Waals surface area contributed by atoms with Gasteiger partial charge in [-0.25, -0.2) is 0 Å². The maximum absolute atomic E-state index is 12.7. The number of benzene rings is 2. The van der Waals surface area contributed by atoms with Crippen molar-refractivity contribution in [3.63, 3.8) is 0 Å². The number of amides is 1. The topological polar surface area (TPSA) is 38.8 Å². The van der Waals surface area contributed by atoms with Crippen molar-refractivity contribution in [1.29, 1.82) is 0 Å². The van der Waals surface area contributed by atoms with Crippen LogP contribution in [0.3, 0.4) is 0 Å². The third-order valence-electron chi connectivity index (χ3n) is 4.10. The number of nitrogens with zero attached hydrogens (tertiary/aromatic N) is 1. The highest BCUT2D eigenvalue weighted by Gasteiger charge is 2.28. The SMILES string of the molecule is COc1ccc(CCC(=O)N2c3ccccc3OCC2C)cc1. The molecule has 4 nitrogen and oxygen atoms in total. The first-order valence-electron chi connectivity index (χ1n) is 7.86. The van der Waals surface area contributed by atoms with E-state index >= 15 is 0 Å². The summed E-state index contributed by atoms with van der Waals surface area (Å²) in [6.45, 7) is 2.55. The Morgan fingerprint density at radius 2 is 1.96 bits per heavy atom. The number of carbonyl (C=O) groups is 1. The fourth-order valence-electron chi connectivity index (χ4n) is 2.84. The number of methoxy groups -OCH3 is 1. The number of carbonyl (C=O) groups excluding carboxylic acids is 1. The van der Waals surface area contributed by atoms with Crippen molar-refractivity contribution < 1.29 is 14.3 Å². The summed E-state index contributed by atoms with van der Waals surface area (Å²) in [7, 11) is 1.65. The van der Waals surface area contributed by atoms with Crippen molar-refractivity contribution in [1.82, 2.24) is 0 Å². The summed E-state index contributed by atoms with van der Waals surface area (Å²) < 4.78 is 10.9. The molecule has 120 valence electrons. The van der Waals surface area contributed by atoms with E-state index in [1.807, 2.05) is 60.4 Å². The van der Waals surface area contributed by atoms with Crippen molar-refractivity contribution in [2.75, 3.05) is 18.6 Å². The molecule has 0 spiro atoms. The second-order valence-electron chi connectivity index (χ2n) is 5.74. The van der Waals surface area contributed by atoms with E-state index in [1.165, 1.54) is 0 Å². The van der Waals surface area contributed by atoms with Gasteiger partial charge in [0.2, 0.25) is 5.91 Å². The molecule has 0 bridgehead atoms. The van der Waals surface area contributed by atoms with Crippen LogP contribution in [-0.4, -0.2) is 25.7 Å². The summed E-state index contributed by atoms with van der Waals surface area (Å²) in [5.41, 5.74) is 2.00. The highest BCUT2D eigenvalue weighted by molar-refractivity contribution is 5.96. The molecule has 2 aromatic carbocycles. The maximum Gasteiger partial charge on any atom is 0.227 e. The van der Waals surface area contributed by atoms with Crippen LogP contribution in [-0.2, 0) is 11.2 Å². The lowest BCUT2D eigenvalue weighted by Gasteiger charge is -2.35. The number of rotatable bonds is 4. The first-order chi connectivity index (χ1) is 11.2. The van der Waals surface area contributed by atoms with Crippen LogP contribution in [0.25, 0.3) is 0 Å². The molecule has 1 aliphatic rings. The Labute approximate surface area is 136 Å². The van der Waals surface area contributed by atoms with Gasteiger partial charge in [0, 0.05) is 6.42 Å². The van der Waals surface area contributed by atoms with Crippen molar-refractivity contribution in [2.45, 2.75) is 25.8 Å². The Bertz CT molecular complexity index is 681. The maximum atomic E-state index is 12.7. The molecule has 1 atom stereocenters. The summed E-state index contributed by atoms with van der Waals surface area (Å²) >= 11 is 0. The molecule has 0 aliphatic carbocycles. The van der Waals surface area contributed by atoms with E-state index < -0.39 is 0 Å². The van der Waals surface area contributed by atoms with Crippen LogP contribution < -0.4 is 14.4 Å². The second-order valence-corrected chi connectivity index (χ2v) is 5.74. The Morgan fingerprint density at radius 1 is 1.22 bits per heavy atom. The third-order valence-corrected chi connectivity index (χ3v) is 4.10. The molecule has 0 saturated heterocycles. The van der Waals surface area contributed by atoms with Gasteiger partial charge >= 0.3 is 0 Å². The molecular weight excluding hydrogens is 290 g/mol. The van der Waals surface area contributed by atoms with Crippen molar-refractivity contribution >= 4 is 11.6 Å². The predicted octanol–water partition coefficient (Wildman–Crippen LogP) is 3.44. The van der Waals surface area contributed by atoms with Crippen molar-refractivity contribution in [3.8, 4) is 11.5 Å². The number of hydrogen-bond acceptors (Lipinski definition) is 3. The number of aryl methyl sites for hydroxylation is 1. The lowest BCUT2D eigenvalue weighted by Crippen LogP contribution is -2.45. The molecule has 1 amide bonds. The third kappa shape index (κ3) is 3.31. The molecule has 0 N–H and O–H groups in total. The molecule has 1 unspecified atom stereocenters. The van der Waals surface area contributed by atoms with Gasteiger partial charge in [-0.05, 0) is 43.2 Å². The van der Waals surface area contributed by atoms with Gasteiger partial charge in [-0.3, -0.25) is 4.79 Å². The summed E-state index contributed by atoms with van der Waals surface area (Å²) in [5, 5.41) is 0. The number of fused-ring (bicyclic) bond motifs is 1. The van der Waals surface area contributed by atoms with E-state index in [4.69, 9.17) is 9.47 Å². The zero-order valence-corrected chi connectivity index (χ0v) is 13.5. The highest BCUT2D eigenvalue weighted by Crippen LogP contribution is 2.34. The van der Waals surface area contributed by atoms with Gasteiger partial charge in [0.1, 0.15) is 18.1 Å². The lowest BCUT2D eigenvalue weighted by atomic mass is 10.1. The van der Waals surface area contributed by atoms with Crippen LogP contribution in [0.2, 0.25) is 0 Å². The molecule has 1 heterocycles. The number of anilines is 1. The summed E-state index contributed by atoms with van der Waals surface area (Å²) in [6, 6.07) is 15.6. The van der Waals surface area contributed by atoms with Crippen LogP contribution >= 0.6 is 0 Å². The monoisotopic (exact) mass is 311 g/mol. The van der Waals surface area contributed by atoms with Gasteiger partial charge in [0.25, 0.3) is 0 Å². The van der Waals surface area contributed by atoms with Gasteiger partial charge < -0.3 is 14.4 Å². The Morgan fingerprint density at radius 3 is 2.70 bits per heavy atom. The normalized spacial score (nSPS) is 16.4. The largest absolute Gasteiger partial charge is 0.497 e. The van der Waals surface area contributed by atoms with Gasteiger partial charge in [-0.2, -0.15) is 0 Å². The molecule has 0 fully saturated rings. The summed E-state index contributed by atoms with van der Waals surface area (Å²) in [5.74, 6) is 1.74. The average molecular weight is 311 g/mol. The number of ether oxygens (including phenoxy) is 2. The molecule has 3 rings (SSSR count). The molecule has 1 aliphatic heterocycles. The van der Waals surface area contributed by atoms with Gasteiger partial charge in [0.05, 0.1) is 18.8 Å². The fraction of sp³-hybridized carbons (Fsp3) is 0.316. The summed E-state index contributed by atoms with van der Waals surface area (Å²) in [4.78, 5) is 14.6. The van der Waals surface area contributed by atoms with Gasteiger partial charge in [-0.1, -0.05) is 24.3 Å². The smallest absolute Gasteiger partial charge is 0.227 e. The zero-order valence-electron chi connectivity index (χ0n) is 13.5. The standard InChI is InChI=1S/C19H21NO3/c1-14-13-23-18-6-4-3-5-17(18)20(14)19(21)12-9-15-7-10-16(22-2)11-8-15/h3-8,10-11,14H,9,12-13H2,1-2H3. The van der Waals surface area contributed by atoms with E-state index in [9.17, 15) is 4.79 Å². The minimum Gasteiger partial charge on any atom is -0.497 e.